The molecule has 11 heteroatoms. The maximum Gasteiger partial charge on any atom is 0.409 e. The highest BCUT2D eigenvalue weighted by Gasteiger charge is 2.43. The molecule has 0 radical (unpaired) electrons. The van der Waals surface area contributed by atoms with Gasteiger partial charge in [0.25, 0.3) is 0 Å². The highest BCUT2D eigenvalue weighted by molar-refractivity contribution is 5.96. The first-order chi connectivity index (χ1) is 23.2. The number of amides is 3. The van der Waals surface area contributed by atoms with Gasteiger partial charge in [0.05, 0.1) is 31.3 Å². The molecule has 2 aromatic rings. The summed E-state index contributed by atoms with van der Waals surface area (Å²) in [5.74, 6) is 0.421. The largest absolute Gasteiger partial charge is 0.493 e. The topological polar surface area (TPSA) is 141 Å². The summed E-state index contributed by atoms with van der Waals surface area (Å²) >= 11 is 0. The summed E-state index contributed by atoms with van der Waals surface area (Å²) in [5, 5.41) is 10.2. The Balaban J connectivity index is 1.88. The quantitative estimate of drug-likeness (QED) is 0.166. The average molecular weight is 684 g/mol. The molecule has 0 unspecified atom stereocenters. The smallest absolute Gasteiger partial charge is 0.409 e. The minimum absolute atomic E-state index is 0.0619. The lowest BCUT2D eigenvalue weighted by atomic mass is 9.80. The third-order valence-electron chi connectivity index (χ3n) is 9.63. The molecule has 1 fully saturated rings. The number of carbonyl (C=O) groups excluding carboxylic acids is 2. The van der Waals surface area contributed by atoms with Crippen LogP contribution in [0, 0.1) is 29.1 Å². The van der Waals surface area contributed by atoms with Gasteiger partial charge >= 0.3 is 6.09 Å². The maximum atomic E-state index is 14.4. The van der Waals surface area contributed by atoms with Gasteiger partial charge in [-0.05, 0) is 80.7 Å². The van der Waals surface area contributed by atoms with Gasteiger partial charge in [0, 0.05) is 38.3 Å². The van der Waals surface area contributed by atoms with Gasteiger partial charge in [-0.2, -0.15) is 0 Å². The number of nitrogens with zero attached hydrogens (tertiary/aromatic N) is 2. The van der Waals surface area contributed by atoms with Crippen LogP contribution in [0.4, 0.5) is 10.5 Å². The van der Waals surface area contributed by atoms with Crippen molar-refractivity contribution in [2.45, 2.75) is 79.4 Å². The molecule has 0 saturated carbocycles. The van der Waals surface area contributed by atoms with E-state index in [1.54, 1.807) is 33.0 Å². The number of primary amides is 1. The summed E-state index contributed by atoms with van der Waals surface area (Å²) in [4.78, 5) is 42.2. The lowest BCUT2D eigenvalue weighted by molar-refractivity contribution is -0.127. The van der Waals surface area contributed by atoms with Crippen LogP contribution >= 0.6 is 0 Å². The third-order valence-corrected chi connectivity index (χ3v) is 9.63. The number of rotatable bonds is 19. The van der Waals surface area contributed by atoms with Gasteiger partial charge in [-0.1, -0.05) is 52.0 Å². The number of carbonyl (C=O) groups is 3. The van der Waals surface area contributed by atoms with Crippen molar-refractivity contribution < 1.29 is 38.4 Å². The Hall–Kier alpha value is -3.83. The maximum absolute atomic E-state index is 14.4. The van der Waals surface area contributed by atoms with Gasteiger partial charge in [-0.3, -0.25) is 14.5 Å². The molecule has 0 aromatic heterocycles. The van der Waals surface area contributed by atoms with Crippen LogP contribution in [-0.2, 0) is 25.5 Å². The lowest BCUT2D eigenvalue weighted by Gasteiger charge is -2.36. The van der Waals surface area contributed by atoms with Crippen molar-refractivity contribution in [3.63, 3.8) is 0 Å². The van der Waals surface area contributed by atoms with E-state index in [2.05, 4.69) is 13.8 Å². The predicted octanol–water partition coefficient (Wildman–Crippen LogP) is 6.23. The zero-order chi connectivity index (χ0) is 36.3. The van der Waals surface area contributed by atoms with Crippen molar-refractivity contribution in [3.05, 3.63) is 54.1 Å². The standard InChI is InChI=1S/C38H57N3O8/c1-25(2)28(19-27-15-16-32(47-8)34(20-27)48-18-12-17-46-7)21-31-33(49-24-41(31)37(44)45)22-30(26(3)4)35(42)40(23-38(5,6)36(39)43)29-13-10-9-11-14-29/h9-11,13-16,20,25-26,28,30-31,33H,12,17-19,21-24H2,1-8H3,(H2,39,43)(H,44,45)/t28-,30-,31-,33-/m0/s1. The van der Waals surface area contributed by atoms with E-state index in [0.717, 1.165) is 12.0 Å². The van der Waals surface area contributed by atoms with Crippen LogP contribution in [0.25, 0.3) is 0 Å². The van der Waals surface area contributed by atoms with E-state index in [1.807, 2.05) is 62.4 Å². The fraction of sp³-hybridized carbons (Fsp3) is 0.605. The second-order valence-electron chi connectivity index (χ2n) is 14.4. The first-order valence-corrected chi connectivity index (χ1v) is 17.3. The minimum atomic E-state index is -1.05. The van der Waals surface area contributed by atoms with E-state index in [9.17, 15) is 19.5 Å². The van der Waals surface area contributed by atoms with Crippen molar-refractivity contribution in [1.29, 1.82) is 0 Å². The molecule has 4 atom stereocenters. The van der Waals surface area contributed by atoms with Gasteiger partial charge in [0.2, 0.25) is 11.8 Å². The summed E-state index contributed by atoms with van der Waals surface area (Å²) in [6, 6.07) is 14.7. The van der Waals surface area contributed by atoms with Crippen LogP contribution < -0.4 is 20.1 Å². The molecule has 0 bridgehead atoms. The summed E-state index contributed by atoms with van der Waals surface area (Å²) in [7, 11) is 3.27. The normalized spacial score (nSPS) is 17.6. The second-order valence-corrected chi connectivity index (χ2v) is 14.4. The molecule has 0 aliphatic carbocycles. The Labute approximate surface area is 292 Å². The molecule has 272 valence electrons. The van der Waals surface area contributed by atoms with E-state index in [0.29, 0.717) is 49.7 Å². The Morgan fingerprint density at radius 1 is 1.00 bits per heavy atom. The highest BCUT2D eigenvalue weighted by Crippen LogP contribution is 2.36. The van der Waals surface area contributed by atoms with Crippen LogP contribution in [0.15, 0.2) is 48.5 Å². The predicted molar refractivity (Wildman–Crippen MR) is 190 cm³/mol. The molecule has 3 N–H and O–H groups in total. The fourth-order valence-electron chi connectivity index (χ4n) is 6.32. The summed E-state index contributed by atoms with van der Waals surface area (Å²) in [5.41, 5.74) is 6.49. The lowest BCUT2D eigenvalue weighted by Crippen LogP contribution is -2.49. The Kier molecular flexibility index (Phi) is 14.7. The number of hydrogen-bond acceptors (Lipinski definition) is 7. The number of anilines is 1. The summed E-state index contributed by atoms with van der Waals surface area (Å²) in [6.07, 6.45) is 0.791. The SMILES string of the molecule is COCCCOc1cc(C[C@@H](C[C@H]2[C@H](C[C@H](C(=O)N(CC(C)(C)C(N)=O)c3ccccc3)C(C)C)OCN2C(=O)O)C(C)C)ccc1OC. The van der Waals surface area contributed by atoms with Gasteiger partial charge in [-0.15, -0.1) is 0 Å². The summed E-state index contributed by atoms with van der Waals surface area (Å²) in [6.45, 7) is 12.9. The number of para-hydroxylation sites is 1. The number of nitrogens with two attached hydrogens (primary N) is 1. The first kappa shape index (κ1) is 39.6. The van der Waals surface area contributed by atoms with Crippen molar-refractivity contribution in [2.24, 2.45) is 34.8 Å². The Bertz CT molecular complexity index is 1370. The van der Waals surface area contributed by atoms with E-state index in [4.69, 9.17) is 24.7 Å². The average Bonchev–Trinajstić information content (AvgIpc) is 3.46. The molecule has 3 amide bonds. The third kappa shape index (κ3) is 10.8. The Morgan fingerprint density at radius 3 is 2.27 bits per heavy atom. The van der Waals surface area contributed by atoms with Gasteiger partial charge in [-0.25, -0.2) is 4.79 Å². The number of hydrogen-bond donors (Lipinski definition) is 2. The zero-order valence-corrected chi connectivity index (χ0v) is 30.5. The van der Waals surface area contributed by atoms with Crippen molar-refractivity contribution >= 4 is 23.6 Å². The molecule has 0 spiro atoms. The van der Waals surface area contributed by atoms with Gasteiger partial charge in [0.1, 0.15) is 6.73 Å². The number of methoxy groups -OCH3 is 2. The molecular formula is C38H57N3O8. The fourth-order valence-corrected chi connectivity index (χ4v) is 6.32. The molecule has 49 heavy (non-hydrogen) atoms. The number of benzene rings is 2. The summed E-state index contributed by atoms with van der Waals surface area (Å²) < 4.78 is 22.9. The molecule has 2 aromatic carbocycles. The van der Waals surface area contributed by atoms with Gasteiger partial charge in [0.15, 0.2) is 11.5 Å². The molecule has 1 aliphatic rings. The van der Waals surface area contributed by atoms with Crippen molar-refractivity contribution in [2.75, 3.05) is 45.6 Å². The molecular weight excluding hydrogens is 626 g/mol. The van der Waals surface area contributed by atoms with E-state index < -0.39 is 35.5 Å². The van der Waals surface area contributed by atoms with E-state index in [-0.39, 0.29) is 36.9 Å². The highest BCUT2D eigenvalue weighted by atomic mass is 16.5. The molecule has 1 heterocycles. The van der Waals surface area contributed by atoms with Gasteiger partial charge < -0.3 is 34.7 Å². The zero-order valence-electron chi connectivity index (χ0n) is 30.5. The molecule has 11 nitrogen and oxygen atoms in total. The molecule has 1 aliphatic heterocycles. The Morgan fingerprint density at radius 2 is 1.69 bits per heavy atom. The number of carboxylic acid groups (broad SMARTS) is 1. The van der Waals surface area contributed by atoms with Crippen LogP contribution in [0.2, 0.25) is 0 Å². The monoisotopic (exact) mass is 683 g/mol. The van der Waals surface area contributed by atoms with Crippen molar-refractivity contribution in [1.82, 2.24) is 4.90 Å². The van der Waals surface area contributed by atoms with Crippen LogP contribution in [-0.4, -0.2) is 80.8 Å². The van der Waals surface area contributed by atoms with Crippen LogP contribution in [0.5, 0.6) is 11.5 Å². The minimum Gasteiger partial charge on any atom is -0.493 e. The van der Waals surface area contributed by atoms with Crippen molar-refractivity contribution in [3.8, 4) is 11.5 Å². The molecule has 1 saturated heterocycles. The van der Waals surface area contributed by atoms with E-state index in [1.165, 1.54) is 4.90 Å². The number of ether oxygens (including phenoxy) is 4. The second kappa shape index (κ2) is 18.2. The molecule has 3 rings (SSSR count). The van der Waals surface area contributed by atoms with Crippen LogP contribution in [0.3, 0.4) is 0 Å². The van der Waals surface area contributed by atoms with E-state index >= 15 is 0 Å². The van der Waals surface area contributed by atoms with Crippen LogP contribution in [0.1, 0.15) is 66.4 Å². The first-order valence-electron chi connectivity index (χ1n) is 17.3.